The van der Waals surface area contributed by atoms with Gasteiger partial charge in [0.05, 0.1) is 27.7 Å². The normalized spacial score (nSPS) is 13.9. The molecule has 0 aliphatic carbocycles. The Morgan fingerprint density at radius 2 is 0.814 bits per heavy atom. The Hall–Kier alpha value is -2.55. The van der Waals surface area contributed by atoms with Crippen molar-refractivity contribution < 1.29 is 42.1 Å². The third-order valence-corrected chi connectivity index (χ3v) is 13.2. The van der Waals surface area contributed by atoms with Crippen LogP contribution < -0.4 is 0 Å². The van der Waals surface area contributed by atoms with E-state index in [1.807, 2.05) is 21.1 Å². The van der Waals surface area contributed by atoms with Crippen LogP contribution in [-0.4, -0.2) is 74.9 Å². The van der Waals surface area contributed by atoms with E-state index in [2.05, 4.69) is 86.8 Å². The smallest absolute Gasteiger partial charge is 0.462 e. The van der Waals surface area contributed by atoms with Gasteiger partial charge in [0.1, 0.15) is 19.8 Å². The molecule has 0 aromatic heterocycles. The highest BCUT2D eigenvalue weighted by Crippen LogP contribution is 2.43. The van der Waals surface area contributed by atoms with Crippen LogP contribution in [0, 0.1) is 0 Å². The molecule has 0 aliphatic heterocycles. The lowest BCUT2D eigenvalue weighted by Gasteiger charge is -2.24. The van der Waals surface area contributed by atoms with Crippen molar-refractivity contribution in [2.24, 2.45) is 0 Å². The summed E-state index contributed by atoms with van der Waals surface area (Å²) in [6.45, 7) is 4.29. The second-order valence-corrected chi connectivity index (χ2v) is 21.7. The first-order valence-electron chi connectivity index (χ1n) is 28.7. The first kappa shape index (κ1) is 67.5. The molecule has 0 fully saturated rings. The Labute approximate surface area is 431 Å². The summed E-state index contributed by atoms with van der Waals surface area (Å²) in [6, 6.07) is 0. The van der Waals surface area contributed by atoms with Crippen LogP contribution in [0.4, 0.5) is 0 Å². The first-order chi connectivity index (χ1) is 34.0. The number of hydrogen-bond acceptors (Lipinski definition) is 7. The number of allylic oxidation sites excluding steroid dienone is 12. The number of esters is 2. The van der Waals surface area contributed by atoms with Crippen molar-refractivity contribution in [2.75, 3.05) is 47.5 Å². The standard InChI is InChI=1S/C60H108NO8P/c1-6-8-10-12-14-16-18-20-22-24-25-26-27-28-29-30-31-32-33-34-35-37-38-40-42-44-46-48-50-52-59(62)66-56-58(57-68-70(64,65)67-55-54-61(3,4)5)69-60(63)53-51-49-47-45-43-41-39-36-23-21-19-17-15-13-11-9-7-2/h9,11,15,17-18,20-21,23-25,39,41,58H,6-8,10,12-14,16,19,22,26-38,40,42-57H2,1-5H3/p+1/b11-9-,17-15-,20-18-,23-21-,25-24-,41-39-. The SMILES string of the molecule is CC/C=C\C/C=C\C/C=C\C/C=C\CCCCCCC(=O)OC(COC(=O)CCCCCCCCCCCCCCCCCCC/C=C\C/C=C\CCCCCCC)COP(=O)(O)OCC[N+](C)(C)C. The predicted molar refractivity (Wildman–Crippen MR) is 298 cm³/mol. The van der Waals surface area contributed by atoms with E-state index in [9.17, 15) is 19.0 Å². The molecule has 9 nitrogen and oxygen atoms in total. The third-order valence-electron chi connectivity index (χ3n) is 12.2. The number of rotatable bonds is 52. The van der Waals surface area contributed by atoms with Crippen LogP contribution >= 0.6 is 7.82 Å². The molecule has 406 valence electrons. The van der Waals surface area contributed by atoms with Crippen molar-refractivity contribution >= 4 is 19.8 Å². The average molecular weight is 1000 g/mol. The van der Waals surface area contributed by atoms with Gasteiger partial charge in [-0.25, -0.2) is 4.57 Å². The van der Waals surface area contributed by atoms with E-state index in [0.29, 0.717) is 17.4 Å². The molecule has 1 N–H and O–H groups in total. The maximum absolute atomic E-state index is 12.8. The Balaban J connectivity index is 4.12. The number of nitrogens with zero attached hydrogens (tertiary/aromatic N) is 1. The molecule has 0 rings (SSSR count). The van der Waals surface area contributed by atoms with E-state index in [0.717, 1.165) is 77.0 Å². The van der Waals surface area contributed by atoms with Crippen LogP contribution in [0.3, 0.4) is 0 Å². The molecular weight excluding hydrogens is 894 g/mol. The fourth-order valence-electron chi connectivity index (χ4n) is 7.80. The molecule has 0 heterocycles. The van der Waals surface area contributed by atoms with E-state index in [1.54, 1.807) is 0 Å². The monoisotopic (exact) mass is 1000 g/mol. The van der Waals surface area contributed by atoms with Crippen LogP contribution in [-0.2, 0) is 32.7 Å². The number of unbranched alkanes of at least 4 members (excludes halogenated alkanes) is 26. The summed E-state index contributed by atoms with van der Waals surface area (Å²) in [7, 11) is 1.46. The highest BCUT2D eigenvalue weighted by atomic mass is 31.2. The number of phosphoric acid groups is 1. The number of phosphoric ester groups is 1. The van der Waals surface area contributed by atoms with Crippen molar-refractivity contribution in [1.82, 2.24) is 0 Å². The minimum atomic E-state index is -4.39. The van der Waals surface area contributed by atoms with E-state index in [4.69, 9.17) is 18.5 Å². The van der Waals surface area contributed by atoms with Crippen LogP contribution in [0.15, 0.2) is 72.9 Å². The molecule has 2 atom stereocenters. The molecule has 2 unspecified atom stereocenters. The fourth-order valence-corrected chi connectivity index (χ4v) is 8.54. The minimum Gasteiger partial charge on any atom is -0.462 e. The first-order valence-corrected chi connectivity index (χ1v) is 30.2. The molecule has 0 radical (unpaired) electrons. The van der Waals surface area contributed by atoms with Gasteiger partial charge in [-0.1, -0.05) is 222 Å². The van der Waals surface area contributed by atoms with Crippen LogP contribution in [0.25, 0.3) is 0 Å². The lowest BCUT2D eigenvalue weighted by Crippen LogP contribution is -2.37. The number of likely N-dealkylation sites (N-methyl/N-ethyl adjacent to an activating group) is 1. The maximum atomic E-state index is 12.8. The van der Waals surface area contributed by atoms with Gasteiger partial charge >= 0.3 is 19.8 Å². The van der Waals surface area contributed by atoms with Gasteiger partial charge in [0.15, 0.2) is 6.10 Å². The van der Waals surface area contributed by atoms with Gasteiger partial charge in [-0.2, -0.15) is 0 Å². The second kappa shape index (κ2) is 51.4. The summed E-state index contributed by atoms with van der Waals surface area (Å²) in [5.74, 6) is -0.822. The molecule has 0 aromatic carbocycles. The zero-order valence-corrected chi connectivity index (χ0v) is 46.9. The number of quaternary nitrogens is 1. The minimum absolute atomic E-state index is 0.0244. The van der Waals surface area contributed by atoms with E-state index < -0.39 is 26.5 Å². The van der Waals surface area contributed by atoms with Crippen molar-refractivity contribution in [1.29, 1.82) is 0 Å². The van der Waals surface area contributed by atoms with Crippen LogP contribution in [0.5, 0.6) is 0 Å². The van der Waals surface area contributed by atoms with Crippen molar-refractivity contribution in [2.45, 2.75) is 251 Å². The number of hydrogen-bond donors (Lipinski definition) is 1. The van der Waals surface area contributed by atoms with Crippen molar-refractivity contribution in [3.63, 3.8) is 0 Å². The van der Waals surface area contributed by atoms with Gasteiger partial charge in [0.25, 0.3) is 0 Å². The zero-order valence-electron chi connectivity index (χ0n) is 46.0. The summed E-state index contributed by atoms with van der Waals surface area (Å²) in [5, 5.41) is 0. The fraction of sp³-hybridized carbons (Fsp3) is 0.767. The molecule has 0 amide bonds. The average Bonchev–Trinajstić information content (AvgIpc) is 3.32. The molecular formula is C60H109NO8P+. The third kappa shape index (κ3) is 54.8. The lowest BCUT2D eigenvalue weighted by molar-refractivity contribution is -0.870. The van der Waals surface area contributed by atoms with Gasteiger partial charge in [-0.05, 0) is 83.5 Å². The summed E-state index contributed by atoms with van der Waals surface area (Å²) in [5.41, 5.74) is 0. The molecule has 0 saturated heterocycles. The summed E-state index contributed by atoms with van der Waals surface area (Å²) < 4.78 is 34.5. The Kier molecular flexibility index (Phi) is 49.5. The van der Waals surface area contributed by atoms with Gasteiger partial charge in [0, 0.05) is 12.8 Å². The van der Waals surface area contributed by atoms with E-state index >= 15 is 0 Å². The predicted octanol–water partition coefficient (Wildman–Crippen LogP) is 17.7. The molecule has 0 saturated carbocycles. The molecule has 70 heavy (non-hydrogen) atoms. The lowest BCUT2D eigenvalue weighted by atomic mass is 10.0. The Morgan fingerprint density at radius 1 is 0.457 bits per heavy atom. The van der Waals surface area contributed by atoms with Crippen LogP contribution in [0.1, 0.15) is 245 Å². The van der Waals surface area contributed by atoms with Gasteiger partial charge in [0.2, 0.25) is 0 Å². The van der Waals surface area contributed by atoms with Gasteiger partial charge in [-0.15, -0.1) is 0 Å². The Bertz CT molecular complexity index is 1410. The number of carbonyl (C=O) groups is 2. The topological polar surface area (TPSA) is 108 Å². The van der Waals surface area contributed by atoms with Crippen molar-refractivity contribution in [3.05, 3.63) is 72.9 Å². The quantitative estimate of drug-likeness (QED) is 0.0211. The van der Waals surface area contributed by atoms with Gasteiger partial charge < -0.3 is 18.9 Å². The van der Waals surface area contributed by atoms with E-state index in [1.165, 1.54) is 135 Å². The molecule has 0 aliphatic rings. The largest absolute Gasteiger partial charge is 0.472 e. The molecule has 10 heteroatoms. The van der Waals surface area contributed by atoms with Crippen molar-refractivity contribution in [3.8, 4) is 0 Å². The van der Waals surface area contributed by atoms with E-state index in [-0.39, 0.29) is 32.0 Å². The number of carbonyl (C=O) groups excluding carboxylic acids is 2. The highest BCUT2D eigenvalue weighted by molar-refractivity contribution is 7.47. The summed E-state index contributed by atoms with van der Waals surface area (Å²) >= 11 is 0. The Morgan fingerprint density at radius 3 is 1.21 bits per heavy atom. The molecule has 0 bridgehead atoms. The molecule has 0 spiro atoms. The number of ether oxygens (including phenoxy) is 2. The summed E-state index contributed by atoms with van der Waals surface area (Å²) in [4.78, 5) is 35.6. The van der Waals surface area contributed by atoms with Gasteiger partial charge in [-0.3, -0.25) is 18.6 Å². The molecule has 0 aromatic rings. The highest BCUT2D eigenvalue weighted by Gasteiger charge is 2.27. The second-order valence-electron chi connectivity index (χ2n) is 20.3. The van der Waals surface area contributed by atoms with Crippen LogP contribution in [0.2, 0.25) is 0 Å². The summed E-state index contributed by atoms with van der Waals surface area (Å²) in [6.07, 6.45) is 66.9. The zero-order chi connectivity index (χ0) is 51.3. The maximum Gasteiger partial charge on any atom is 0.472 e.